The largest absolute Gasteiger partial charge is 0.312 e. The SMILES string of the molecule is Cl.c1cn(N2CCC2)cn1. The van der Waals surface area contributed by atoms with Crippen LogP contribution >= 0.6 is 12.4 Å². The maximum atomic E-state index is 3.95. The van der Waals surface area contributed by atoms with Crippen LogP contribution in [0.2, 0.25) is 0 Å². The zero-order valence-corrected chi connectivity index (χ0v) is 6.42. The van der Waals surface area contributed by atoms with Gasteiger partial charge in [0.1, 0.15) is 6.33 Å². The van der Waals surface area contributed by atoms with Crippen LogP contribution in [-0.2, 0) is 0 Å². The first kappa shape index (κ1) is 7.41. The van der Waals surface area contributed by atoms with Crippen LogP contribution in [0.4, 0.5) is 0 Å². The van der Waals surface area contributed by atoms with Gasteiger partial charge >= 0.3 is 0 Å². The summed E-state index contributed by atoms with van der Waals surface area (Å²) >= 11 is 0. The predicted molar refractivity (Wildman–Crippen MR) is 42.0 cm³/mol. The van der Waals surface area contributed by atoms with E-state index in [0.717, 1.165) is 0 Å². The zero-order chi connectivity index (χ0) is 6.10. The van der Waals surface area contributed by atoms with Crippen molar-refractivity contribution in [3.63, 3.8) is 0 Å². The van der Waals surface area contributed by atoms with Gasteiger partial charge in [0.25, 0.3) is 0 Å². The molecule has 2 rings (SSSR count). The van der Waals surface area contributed by atoms with Crippen molar-refractivity contribution in [1.29, 1.82) is 0 Å². The lowest BCUT2D eigenvalue weighted by Gasteiger charge is -2.33. The van der Waals surface area contributed by atoms with E-state index >= 15 is 0 Å². The monoisotopic (exact) mass is 159 g/mol. The molecule has 1 aliphatic rings. The molecule has 56 valence electrons. The average molecular weight is 160 g/mol. The van der Waals surface area contributed by atoms with Crippen LogP contribution in [0.5, 0.6) is 0 Å². The van der Waals surface area contributed by atoms with Gasteiger partial charge in [0.05, 0.1) is 0 Å². The average Bonchev–Trinajstić information content (AvgIpc) is 2.11. The standard InChI is InChI=1S/C6H9N3.ClH/c1-3-8(4-1)9-5-2-7-6-9;/h2,5-6H,1,3-4H2;1H. The summed E-state index contributed by atoms with van der Waals surface area (Å²) in [5.41, 5.74) is 0. The molecule has 0 saturated carbocycles. The molecule has 0 N–H and O–H groups in total. The van der Waals surface area contributed by atoms with Gasteiger partial charge in [0.2, 0.25) is 0 Å². The summed E-state index contributed by atoms with van der Waals surface area (Å²) in [4.78, 5) is 3.95. The van der Waals surface area contributed by atoms with Crippen molar-refractivity contribution in [2.75, 3.05) is 18.1 Å². The highest BCUT2D eigenvalue weighted by molar-refractivity contribution is 5.85. The Morgan fingerprint density at radius 3 is 2.50 bits per heavy atom. The van der Waals surface area contributed by atoms with Gasteiger partial charge in [-0.1, -0.05) is 0 Å². The van der Waals surface area contributed by atoms with Gasteiger partial charge in [-0.15, -0.1) is 12.4 Å². The molecule has 3 nitrogen and oxygen atoms in total. The van der Waals surface area contributed by atoms with E-state index in [1.165, 1.54) is 19.5 Å². The second-order valence-corrected chi connectivity index (χ2v) is 2.25. The lowest BCUT2D eigenvalue weighted by molar-refractivity contribution is 0.470. The number of halogens is 1. The summed E-state index contributed by atoms with van der Waals surface area (Å²) in [6.07, 6.45) is 6.93. The van der Waals surface area contributed by atoms with Gasteiger partial charge < -0.3 is 5.01 Å². The molecule has 0 amide bonds. The van der Waals surface area contributed by atoms with Crippen LogP contribution < -0.4 is 5.01 Å². The zero-order valence-electron chi connectivity index (χ0n) is 5.60. The van der Waals surface area contributed by atoms with Crippen molar-refractivity contribution < 1.29 is 0 Å². The van der Waals surface area contributed by atoms with E-state index in [2.05, 4.69) is 9.99 Å². The first-order valence-corrected chi connectivity index (χ1v) is 3.20. The van der Waals surface area contributed by atoms with Crippen molar-refractivity contribution in [3.8, 4) is 0 Å². The Morgan fingerprint density at radius 1 is 1.30 bits per heavy atom. The molecule has 1 fully saturated rings. The van der Waals surface area contributed by atoms with Gasteiger partial charge in [-0.2, -0.15) is 0 Å². The van der Waals surface area contributed by atoms with Crippen molar-refractivity contribution >= 4 is 12.4 Å². The van der Waals surface area contributed by atoms with Crippen LogP contribution in [0.1, 0.15) is 6.42 Å². The molecule has 0 bridgehead atoms. The summed E-state index contributed by atoms with van der Waals surface area (Å²) < 4.78 is 2.03. The third kappa shape index (κ3) is 1.09. The van der Waals surface area contributed by atoms with E-state index in [4.69, 9.17) is 0 Å². The number of aromatic nitrogens is 2. The fourth-order valence-electron chi connectivity index (χ4n) is 0.950. The van der Waals surface area contributed by atoms with E-state index in [0.29, 0.717) is 0 Å². The molecule has 0 atom stereocenters. The van der Waals surface area contributed by atoms with Crippen LogP contribution in [-0.4, -0.2) is 22.7 Å². The molecule has 0 unspecified atom stereocenters. The predicted octanol–water partition coefficient (Wildman–Crippen LogP) is 0.647. The summed E-state index contributed by atoms with van der Waals surface area (Å²) in [6, 6.07) is 0. The molecule has 0 aromatic carbocycles. The molecule has 1 aromatic rings. The minimum atomic E-state index is 0. The maximum absolute atomic E-state index is 3.95. The lowest BCUT2D eigenvalue weighted by Crippen LogP contribution is -2.44. The number of rotatable bonds is 1. The highest BCUT2D eigenvalue weighted by Crippen LogP contribution is 2.03. The van der Waals surface area contributed by atoms with Gasteiger partial charge in [0, 0.05) is 25.5 Å². The highest BCUT2D eigenvalue weighted by Gasteiger charge is 2.12. The number of hydrogen-bond donors (Lipinski definition) is 0. The van der Waals surface area contributed by atoms with Crippen LogP contribution in [0.15, 0.2) is 18.7 Å². The first-order valence-electron chi connectivity index (χ1n) is 3.20. The third-order valence-corrected chi connectivity index (χ3v) is 1.65. The fraction of sp³-hybridized carbons (Fsp3) is 0.500. The summed E-state index contributed by atoms with van der Waals surface area (Å²) in [5, 5.41) is 2.24. The molecule has 2 heterocycles. The van der Waals surface area contributed by atoms with Crippen LogP contribution in [0, 0.1) is 0 Å². The van der Waals surface area contributed by atoms with Crippen LogP contribution in [0.3, 0.4) is 0 Å². The minimum absolute atomic E-state index is 0. The Hall–Kier alpha value is -0.700. The Kier molecular flexibility index (Phi) is 2.17. The topological polar surface area (TPSA) is 21.1 Å². The first-order chi connectivity index (χ1) is 4.47. The molecular weight excluding hydrogens is 150 g/mol. The van der Waals surface area contributed by atoms with Crippen LogP contribution in [0.25, 0.3) is 0 Å². The summed E-state index contributed by atoms with van der Waals surface area (Å²) in [6.45, 7) is 2.35. The van der Waals surface area contributed by atoms with E-state index in [1.807, 2.05) is 17.2 Å². The second kappa shape index (κ2) is 2.92. The fourth-order valence-corrected chi connectivity index (χ4v) is 0.950. The molecule has 0 aliphatic carbocycles. The van der Waals surface area contributed by atoms with Crippen molar-refractivity contribution in [2.24, 2.45) is 0 Å². The lowest BCUT2D eigenvalue weighted by atomic mass is 10.3. The Morgan fingerprint density at radius 2 is 2.10 bits per heavy atom. The molecule has 0 spiro atoms. The summed E-state index contributed by atoms with van der Waals surface area (Å²) in [7, 11) is 0. The smallest absolute Gasteiger partial charge is 0.114 e. The minimum Gasteiger partial charge on any atom is -0.312 e. The van der Waals surface area contributed by atoms with Gasteiger partial charge in [0.15, 0.2) is 0 Å². The maximum Gasteiger partial charge on any atom is 0.114 e. The van der Waals surface area contributed by atoms with E-state index < -0.39 is 0 Å². The number of hydrogen-bond acceptors (Lipinski definition) is 2. The normalized spacial score (nSPS) is 15.8. The molecule has 0 radical (unpaired) electrons. The molecule has 1 aliphatic heterocycles. The van der Waals surface area contributed by atoms with Gasteiger partial charge in [-0.25, -0.2) is 4.98 Å². The third-order valence-electron chi connectivity index (χ3n) is 1.65. The van der Waals surface area contributed by atoms with Crippen molar-refractivity contribution in [2.45, 2.75) is 6.42 Å². The summed E-state index contributed by atoms with van der Waals surface area (Å²) in [5.74, 6) is 0. The quantitative estimate of drug-likeness (QED) is 0.600. The van der Waals surface area contributed by atoms with E-state index in [1.54, 1.807) is 6.20 Å². The molecule has 1 saturated heterocycles. The number of imidazole rings is 1. The molecule has 1 aromatic heterocycles. The highest BCUT2D eigenvalue weighted by atomic mass is 35.5. The second-order valence-electron chi connectivity index (χ2n) is 2.25. The van der Waals surface area contributed by atoms with Gasteiger partial charge in [-0.3, -0.25) is 4.68 Å². The number of nitrogens with zero attached hydrogens (tertiary/aromatic N) is 3. The van der Waals surface area contributed by atoms with Crippen molar-refractivity contribution in [1.82, 2.24) is 9.66 Å². The Bertz CT molecular complexity index is 181. The van der Waals surface area contributed by atoms with Gasteiger partial charge in [-0.05, 0) is 6.42 Å². The Labute approximate surface area is 66.0 Å². The molecule has 10 heavy (non-hydrogen) atoms. The Balaban J connectivity index is 0.000000500. The van der Waals surface area contributed by atoms with E-state index in [-0.39, 0.29) is 12.4 Å². The van der Waals surface area contributed by atoms with Crippen molar-refractivity contribution in [3.05, 3.63) is 18.7 Å². The molecule has 4 heteroatoms. The van der Waals surface area contributed by atoms with E-state index in [9.17, 15) is 0 Å². The molecular formula is C6H10ClN3.